The zero-order valence-electron chi connectivity index (χ0n) is 12.5. The monoisotopic (exact) mass is 292 g/mol. The Balaban J connectivity index is 1.64. The topological polar surface area (TPSA) is 68.9 Å². The largest absolute Gasteiger partial charge is 0.352 e. The average molecular weight is 292 g/mol. The van der Waals surface area contributed by atoms with Gasteiger partial charge >= 0.3 is 5.69 Å². The predicted molar refractivity (Wildman–Crippen MR) is 79.1 cm³/mol. The van der Waals surface area contributed by atoms with Gasteiger partial charge < -0.3 is 5.32 Å². The molecule has 1 N–H and O–H groups in total. The predicted octanol–water partition coefficient (Wildman–Crippen LogP) is 1.22. The Labute approximate surface area is 124 Å². The Kier molecular flexibility index (Phi) is 4.41. The Morgan fingerprint density at radius 1 is 1.14 bits per heavy atom. The van der Waals surface area contributed by atoms with E-state index in [2.05, 4.69) is 10.4 Å². The van der Waals surface area contributed by atoms with Crippen molar-refractivity contribution in [1.29, 1.82) is 0 Å². The highest BCUT2D eigenvalue weighted by molar-refractivity contribution is 5.75. The number of amides is 1. The van der Waals surface area contributed by atoms with E-state index in [9.17, 15) is 9.59 Å². The molecule has 1 aliphatic heterocycles. The fraction of sp³-hybridized carbons (Fsp3) is 0.800. The highest BCUT2D eigenvalue weighted by Gasteiger charge is 2.19. The van der Waals surface area contributed by atoms with Crippen molar-refractivity contribution in [2.45, 2.75) is 76.9 Å². The summed E-state index contributed by atoms with van der Waals surface area (Å²) in [5, 5.41) is 7.39. The molecule has 0 unspecified atom stereocenters. The van der Waals surface area contributed by atoms with Gasteiger partial charge in [-0.05, 0) is 25.7 Å². The first kappa shape index (κ1) is 14.4. The van der Waals surface area contributed by atoms with Crippen LogP contribution in [0.5, 0.6) is 0 Å². The van der Waals surface area contributed by atoms with Gasteiger partial charge in [0.25, 0.3) is 0 Å². The Morgan fingerprint density at radius 2 is 1.90 bits per heavy atom. The summed E-state index contributed by atoms with van der Waals surface area (Å²) in [5.41, 5.74) is -0.134. The maximum Gasteiger partial charge on any atom is 0.346 e. The Bertz CT molecular complexity index is 555. The highest BCUT2D eigenvalue weighted by atomic mass is 16.2. The SMILES string of the molecule is O=C(Cn1nc2n(c1=O)CCCCC2)NC1CCCCC1. The molecule has 1 aromatic heterocycles. The number of carbonyl (C=O) groups excluding carboxylic acids is 1. The molecule has 2 heterocycles. The molecule has 3 rings (SSSR count). The van der Waals surface area contributed by atoms with Gasteiger partial charge in [0.05, 0.1) is 0 Å². The lowest BCUT2D eigenvalue weighted by atomic mass is 9.95. The van der Waals surface area contributed by atoms with Crippen LogP contribution < -0.4 is 11.0 Å². The summed E-state index contributed by atoms with van der Waals surface area (Å²) in [6, 6.07) is 0.280. The molecule has 0 saturated heterocycles. The molecule has 0 radical (unpaired) electrons. The number of hydrogen-bond donors (Lipinski definition) is 1. The molecule has 1 fully saturated rings. The number of aromatic nitrogens is 3. The molecule has 2 aliphatic rings. The number of hydrogen-bond acceptors (Lipinski definition) is 3. The van der Waals surface area contributed by atoms with E-state index in [1.807, 2.05) is 0 Å². The van der Waals surface area contributed by atoms with Crippen molar-refractivity contribution in [3.8, 4) is 0 Å². The van der Waals surface area contributed by atoms with Crippen LogP contribution in [0.2, 0.25) is 0 Å². The zero-order chi connectivity index (χ0) is 14.7. The van der Waals surface area contributed by atoms with E-state index in [1.165, 1.54) is 23.9 Å². The van der Waals surface area contributed by atoms with Crippen LogP contribution in [0.4, 0.5) is 0 Å². The third kappa shape index (κ3) is 3.36. The fourth-order valence-corrected chi connectivity index (χ4v) is 3.38. The van der Waals surface area contributed by atoms with Gasteiger partial charge in [0.1, 0.15) is 12.4 Å². The van der Waals surface area contributed by atoms with E-state index in [4.69, 9.17) is 0 Å². The van der Waals surface area contributed by atoms with Crippen LogP contribution in [-0.4, -0.2) is 26.3 Å². The molecule has 0 spiro atoms. The number of carbonyl (C=O) groups is 1. The fourth-order valence-electron chi connectivity index (χ4n) is 3.38. The summed E-state index contributed by atoms with van der Waals surface area (Å²) >= 11 is 0. The molecule has 6 nitrogen and oxygen atoms in total. The molecule has 21 heavy (non-hydrogen) atoms. The van der Waals surface area contributed by atoms with Gasteiger partial charge in [-0.15, -0.1) is 0 Å². The third-order valence-electron chi connectivity index (χ3n) is 4.55. The summed E-state index contributed by atoms with van der Waals surface area (Å²) < 4.78 is 3.07. The zero-order valence-corrected chi connectivity index (χ0v) is 12.5. The van der Waals surface area contributed by atoms with Crippen LogP contribution in [0.3, 0.4) is 0 Å². The van der Waals surface area contributed by atoms with Gasteiger partial charge in [0, 0.05) is 19.0 Å². The summed E-state index contributed by atoms with van der Waals surface area (Å²) in [6.45, 7) is 0.785. The quantitative estimate of drug-likeness (QED) is 0.910. The third-order valence-corrected chi connectivity index (χ3v) is 4.55. The van der Waals surface area contributed by atoms with Gasteiger partial charge in [-0.1, -0.05) is 25.7 Å². The lowest BCUT2D eigenvalue weighted by Gasteiger charge is -2.22. The molecule has 1 aromatic rings. The molecule has 1 amide bonds. The van der Waals surface area contributed by atoms with Crippen LogP contribution in [0.25, 0.3) is 0 Å². The summed E-state index contributed by atoms with van der Waals surface area (Å²) in [6.07, 6.45) is 9.82. The minimum absolute atomic E-state index is 0.0509. The van der Waals surface area contributed by atoms with Crippen LogP contribution >= 0.6 is 0 Å². The molecule has 0 bridgehead atoms. The number of fused-ring (bicyclic) bond motifs is 1. The van der Waals surface area contributed by atoms with Gasteiger partial charge in [0.2, 0.25) is 5.91 Å². The van der Waals surface area contributed by atoms with Gasteiger partial charge in [-0.2, -0.15) is 5.10 Å². The molecule has 6 heteroatoms. The van der Waals surface area contributed by atoms with Crippen molar-refractivity contribution in [2.75, 3.05) is 0 Å². The molecule has 1 aliphatic carbocycles. The second-order valence-corrected chi connectivity index (χ2v) is 6.22. The summed E-state index contributed by atoms with van der Waals surface area (Å²) in [7, 11) is 0. The number of aryl methyl sites for hydroxylation is 1. The van der Waals surface area contributed by atoms with Crippen molar-refractivity contribution >= 4 is 5.91 Å². The second-order valence-electron chi connectivity index (χ2n) is 6.22. The lowest BCUT2D eigenvalue weighted by molar-refractivity contribution is -0.122. The Hall–Kier alpha value is -1.59. The first-order valence-electron chi connectivity index (χ1n) is 8.20. The number of rotatable bonds is 3. The van der Waals surface area contributed by atoms with Crippen molar-refractivity contribution in [3.63, 3.8) is 0 Å². The minimum Gasteiger partial charge on any atom is -0.352 e. The van der Waals surface area contributed by atoms with Crippen LogP contribution in [0.15, 0.2) is 4.79 Å². The molecule has 1 saturated carbocycles. The first-order valence-corrected chi connectivity index (χ1v) is 8.20. The summed E-state index contributed by atoms with van der Waals surface area (Å²) in [4.78, 5) is 24.4. The first-order chi connectivity index (χ1) is 10.2. The molecule has 0 atom stereocenters. The van der Waals surface area contributed by atoms with E-state index in [1.54, 1.807) is 4.57 Å². The molecular formula is C15H24N4O2. The van der Waals surface area contributed by atoms with Crippen molar-refractivity contribution < 1.29 is 4.79 Å². The molecule has 0 aromatic carbocycles. The summed E-state index contributed by atoms with van der Waals surface area (Å²) in [5.74, 6) is 0.750. The number of nitrogens with one attached hydrogen (secondary N) is 1. The normalized spacial score (nSPS) is 19.8. The smallest absolute Gasteiger partial charge is 0.346 e. The molecular weight excluding hydrogens is 268 g/mol. The maximum absolute atomic E-state index is 12.3. The van der Waals surface area contributed by atoms with Crippen molar-refractivity contribution in [2.24, 2.45) is 0 Å². The van der Waals surface area contributed by atoms with Crippen LogP contribution in [0.1, 0.15) is 57.2 Å². The van der Waals surface area contributed by atoms with E-state index in [0.29, 0.717) is 0 Å². The standard InChI is InChI=1S/C15H24N4O2/c20-14(16-12-7-3-1-4-8-12)11-19-15(21)18-10-6-2-5-9-13(18)17-19/h12H,1-11H2,(H,16,20). The van der Waals surface area contributed by atoms with E-state index in [0.717, 1.165) is 50.9 Å². The van der Waals surface area contributed by atoms with E-state index >= 15 is 0 Å². The van der Waals surface area contributed by atoms with Gasteiger partial charge in [-0.25, -0.2) is 9.48 Å². The lowest BCUT2D eigenvalue weighted by Crippen LogP contribution is -2.40. The minimum atomic E-state index is -0.134. The van der Waals surface area contributed by atoms with Crippen LogP contribution in [-0.2, 0) is 24.3 Å². The maximum atomic E-state index is 12.3. The number of nitrogens with zero attached hydrogens (tertiary/aromatic N) is 3. The van der Waals surface area contributed by atoms with Crippen molar-refractivity contribution in [3.05, 3.63) is 16.3 Å². The van der Waals surface area contributed by atoms with Gasteiger partial charge in [0.15, 0.2) is 0 Å². The second kappa shape index (κ2) is 6.45. The van der Waals surface area contributed by atoms with Crippen molar-refractivity contribution in [1.82, 2.24) is 19.7 Å². The van der Waals surface area contributed by atoms with Gasteiger partial charge in [-0.3, -0.25) is 9.36 Å². The highest BCUT2D eigenvalue weighted by Crippen LogP contribution is 2.17. The Morgan fingerprint density at radius 3 is 2.71 bits per heavy atom. The van der Waals surface area contributed by atoms with E-state index < -0.39 is 0 Å². The van der Waals surface area contributed by atoms with Crippen LogP contribution in [0, 0.1) is 0 Å². The van der Waals surface area contributed by atoms with E-state index in [-0.39, 0.29) is 24.2 Å². The average Bonchev–Trinajstić information content (AvgIpc) is 2.67. The molecule has 116 valence electrons.